The van der Waals surface area contributed by atoms with Crippen LogP contribution in [0.25, 0.3) is 0 Å². The number of carboxylic acid groups (broad SMARTS) is 1. The van der Waals surface area contributed by atoms with Crippen LogP contribution < -0.4 is 10.6 Å². The zero-order chi connectivity index (χ0) is 17.2. The van der Waals surface area contributed by atoms with Crippen molar-refractivity contribution in [2.45, 2.75) is 19.8 Å². The molecule has 7 nitrogen and oxygen atoms in total. The van der Waals surface area contributed by atoms with Crippen LogP contribution in [0.2, 0.25) is 0 Å². The van der Waals surface area contributed by atoms with Gasteiger partial charge in [-0.25, -0.2) is 0 Å². The Labute approximate surface area is 133 Å². The number of aliphatic carboxylic acids is 1. The number of benzene rings is 1. The fourth-order valence-corrected chi connectivity index (χ4v) is 1.67. The van der Waals surface area contributed by atoms with Gasteiger partial charge in [0.15, 0.2) is 5.78 Å². The van der Waals surface area contributed by atoms with Crippen molar-refractivity contribution in [2.24, 2.45) is 0 Å². The van der Waals surface area contributed by atoms with E-state index in [0.717, 1.165) is 0 Å². The smallest absolute Gasteiger partial charge is 0.303 e. The highest BCUT2D eigenvalue weighted by atomic mass is 16.4. The molecule has 7 heteroatoms. The molecule has 0 fully saturated rings. The summed E-state index contributed by atoms with van der Waals surface area (Å²) in [5, 5.41) is 22.7. The molecule has 1 aromatic rings. The van der Waals surface area contributed by atoms with Crippen LogP contribution in [0, 0.1) is 11.3 Å². The van der Waals surface area contributed by atoms with E-state index < -0.39 is 11.9 Å². The molecule has 1 amide bonds. The second kappa shape index (κ2) is 9.00. The Bertz CT molecular complexity index is 674. The minimum atomic E-state index is -0.942. The molecule has 0 aromatic heterocycles. The summed E-state index contributed by atoms with van der Waals surface area (Å²) < 4.78 is 0. The lowest BCUT2D eigenvalue weighted by Crippen LogP contribution is -2.26. The van der Waals surface area contributed by atoms with Crippen molar-refractivity contribution in [3.63, 3.8) is 0 Å². The van der Waals surface area contributed by atoms with Crippen LogP contribution >= 0.6 is 0 Å². The molecule has 0 saturated heterocycles. The molecule has 0 radical (unpaired) electrons. The lowest BCUT2D eigenvalue weighted by molar-refractivity contribution is -0.137. The van der Waals surface area contributed by atoms with E-state index in [2.05, 4.69) is 10.6 Å². The predicted molar refractivity (Wildman–Crippen MR) is 83.6 cm³/mol. The summed E-state index contributed by atoms with van der Waals surface area (Å²) in [7, 11) is 0. The number of rotatable bonds is 8. The van der Waals surface area contributed by atoms with Gasteiger partial charge in [-0.2, -0.15) is 5.26 Å². The average Bonchev–Trinajstić information content (AvgIpc) is 2.52. The lowest BCUT2D eigenvalue weighted by Gasteiger charge is -2.05. The molecule has 0 aliphatic rings. The number of ketones is 1. The Morgan fingerprint density at radius 1 is 1.35 bits per heavy atom. The van der Waals surface area contributed by atoms with Gasteiger partial charge >= 0.3 is 5.97 Å². The third-order valence-electron chi connectivity index (χ3n) is 2.87. The van der Waals surface area contributed by atoms with Crippen molar-refractivity contribution >= 4 is 23.3 Å². The van der Waals surface area contributed by atoms with Crippen molar-refractivity contribution < 1.29 is 19.5 Å². The van der Waals surface area contributed by atoms with Crippen molar-refractivity contribution in [3.8, 4) is 6.07 Å². The van der Waals surface area contributed by atoms with Gasteiger partial charge in [0, 0.05) is 30.4 Å². The van der Waals surface area contributed by atoms with E-state index in [9.17, 15) is 14.4 Å². The summed E-state index contributed by atoms with van der Waals surface area (Å²) in [5.74, 6) is -1.62. The lowest BCUT2D eigenvalue weighted by atomic mass is 10.1. The maximum absolute atomic E-state index is 11.8. The number of hydrogen-bond donors (Lipinski definition) is 3. The number of nitrogens with one attached hydrogen (secondary N) is 2. The average molecular weight is 315 g/mol. The van der Waals surface area contributed by atoms with Gasteiger partial charge in [0.2, 0.25) is 0 Å². The zero-order valence-corrected chi connectivity index (χ0v) is 12.6. The summed E-state index contributed by atoms with van der Waals surface area (Å²) in [5.41, 5.74) is 0.942. The molecule has 0 unspecified atom stereocenters. The molecular weight excluding hydrogens is 298 g/mol. The molecule has 3 N–H and O–H groups in total. The first-order valence-electron chi connectivity index (χ1n) is 6.92. The van der Waals surface area contributed by atoms with E-state index in [4.69, 9.17) is 10.4 Å². The number of amides is 1. The Balaban J connectivity index is 2.63. The van der Waals surface area contributed by atoms with Crippen LogP contribution in [0.3, 0.4) is 0 Å². The van der Waals surface area contributed by atoms with Gasteiger partial charge in [-0.15, -0.1) is 0 Å². The van der Waals surface area contributed by atoms with Gasteiger partial charge in [-0.05, 0) is 25.5 Å². The van der Waals surface area contributed by atoms with Crippen LogP contribution in [-0.2, 0) is 9.59 Å². The number of carboxylic acids is 1. The zero-order valence-electron chi connectivity index (χ0n) is 12.6. The fourth-order valence-electron chi connectivity index (χ4n) is 1.67. The Morgan fingerprint density at radius 3 is 2.70 bits per heavy atom. The number of hydrogen-bond acceptors (Lipinski definition) is 5. The second-order valence-electron chi connectivity index (χ2n) is 4.70. The van der Waals surface area contributed by atoms with Crippen LogP contribution in [-0.4, -0.2) is 29.3 Å². The van der Waals surface area contributed by atoms with Gasteiger partial charge < -0.3 is 15.7 Å². The minimum Gasteiger partial charge on any atom is -0.481 e. The maximum atomic E-state index is 11.8. The maximum Gasteiger partial charge on any atom is 0.303 e. The molecule has 1 aromatic carbocycles. The van der Waals surface area contributed by atoms with E-state index in [1.807, 2.05) is 0 Å². The first-order valence-corrected chi connectivity index (χ1v) is 6.92. The van der Waals surface area contributed by atoms with E-state index >= 15 is 0 Å². The van der Waals surface area contributed by atoms with Crippen LogP contribution in [0.1, 0.15) is 30.1 Å². The standard InChI is InChI=1S/C16H17N3O4/c1-11(20)12-4-2-5-14(8-12)19-10-13(9-17)16(23)18-7-3-6-15(21)22/h2,4-5,8,10,19H,3,6-7H2,1H3,(H,18,23)(H,21,22)/b13-10-. The van der Waals surface area contributed by atoms with Crippen molar-refractivity contribution in [1.29, 1.82) is 5.26 Å². The first-order chi connectivity index (χ1) is 10.9. The van der Waals surface area contributed by atoms with E-state index in [-0.39, 0.29) is 30.7 Å². The largest absolute Gasteiger partial charge is 0.481 e. The van der Waals surface area contributed by atoms with E-state index in [0.29, 0.717) is 11.3 Å². The molecule has 0 aliphatic carbocycles. The molecule has 0 spiro atoms. The second-order valence-corrected chi connectivity index (χ2v) is 4.70. The van der Waals surface area contributed by atoms with Crippen LogP contribution in [0.15, 0.2) is 36.0 Å². The van der Waals surface area contributed by atoms with Gasteiger partial charge in [-0.1, -0.05) is 12.1 Å². The minimum absolute atomic E-state index is 0.0536. The van der Waals surface area contributed by atoms with Gasteiger partial charge in [0.25, 0.3) is 5.91 Å². The van der Waals surface area contributed by atoms with Gasteiger partial charge in [-0.3, -0.25) is 14.4 Å². The Morgan fingerprint density at radius 2 is 2.09 bits per heavy atom. The Kier molecular flexibility index (Phi) is 7.01. The molecular formula is C16H17N3O4. The van der Waals surface area contributed by atoms with Crippen LogP contribution in [0.4, 0.5) is 5.69 Å². The summed E-state index contributed by atoms with van der Waals surface area (Å²) in [6.07, 6.45) is 1.47. The molecule has 0 atom stereocenters. The fraction of sp³-hybridized carbons (Fsp3) is 0.250. The number of anilines is 1. The highest BCUT2D eigenvalue weighted by Crippen LogP contribution is 2.11. The molecule has 0 saturated carbocycles. The Hall–Kier alpha value is -3.14. The summed E-state index contributed by atoms with van der Waals surface area (Å²) >= 11 is 0. The summed E-state index contributed by atoms with van der Waals surface area (Å²) in [6, 6.07) is 8.42. The number of nitriles is 1. The third kappa shape index (κ3) is 6.44. The summed E-state index contributed by atoms with van der Waals surface area (Å²) in [6.45, 7) is 1.62. The van der Waals surface area contributed by atoms with E-state index in [1.165, 1.54) is 13.1 Å². The SMILES string of the molecule is CC(=O)c1cccc(N/C=C(/C#N)C(=O)NCCCC(=O)O)c1. The van der Waals surface area contributed by atoms with Gasteiger partial charge in [0.05, 0.1) is 0 Å². The number of carbonyl (C=O) groups excluding carboxylic acids is 2. The molecule has 0 heterocycles. The highest BCUT2D eigenvalue weighted by Gasteiger charge is 2.08. The quantitative estimate of drug-likeness (QED) is 0.291. The normalized spacial score (nSPS) is 10.5. The van der Waals surface area contributed by atoms with Crippen molar-refractivity contribution in [3.05, 3.63) is 41.6 Å². The van der Waals surface area contributed by atoms with Gasteiger partial charge in [0.1, 0.15) is 11.6 Å². The number of carbonyl (C=O) groups is 3. The molecule has 0 bridgehead atoms. The van der Waals surface area contributed by atoms with Crippen molar-refractivity contribution in [2.75, 3.05) is 11.9 Å². The number of nitrogens with zero attached hydrogens (tertiary/aromatic N) is 1. The topological polar surface area (TPSA) is 119 Å². The predicted octanol–water partition coefficient (Wildman–Crippen LogP) is 1.69. The summed E-state index contributed by atoms with van der Waals surface area (Å²) in [4.78, 5) is 33.4. The first kappa shape index (κ1) is 17.9. The molecule has 120 valence electrons. The molecule has 1 rings (SSSR count). The number of Topliss-reactive ketones (excluding diaryl/α,β-unsaturated/α-hetero) is 1. The highest BCUT2D eigenvalue weighted by molar-refractivity contribution is 5.97. The monoisotopic (exact) mass is 315 g/mol. The molecule has 0 aliphatic heterocycles. The van der Waals surface area contributed by atoms with Crippen LogP contribution in [0.5, 0.6) is 0 Å². The van der Waals surface area contributed by atoms with E-state index in [1.54, 1.807) is 30.3 Å². The van der Waals surface area contributed by atoms with Crippen molar-refractivity contribution in [1.82, 2.24) is 5.32 Å². The third-order valence-corrected chi connectivity index (χ3v) is 2.87. The molecule has 23 heavy (non-hydrogen) atoms.